The molecule has 18 heavy (non-hydrogen) atoms. The molecule has 1 aliphatic heterocycles. The minimum atomic E-state index is -0.316. The monoisotopic (exact) mass is 252 g/mol. The number of hydrogen-bond acceptors (Lipinski definition) is 5. The molecule has 5 heteroatoms. The van der Waals surface area contributed by atoms with Crippen LogP contribution in [0.4, 0.5) is 0 Å². The maximum atomic E-state index is 9.82. The Morgan fingerprint density at radius 1 is 1.17 bits per heavy atom. The van der Waals surface area contributed by atoms with Crippen molar-refractivity contribution in [3.8, 4) is 0 Å². The van der Waals surface area contributed by atoms with Crippen molar-refractivity contribution in [1.29, 1.82) is 0 Å². The molecule has 2 fully saturated rings. The standard InChI is InChI=1S/C13H20N2O3/c16-11-6-3-5-10(11)13-14-12(15-18-13)8-9-4-1-2-7-17-9/h9-11,16H,1-8H2. The van der Waals surface area contributed by atoms with Crippen LogP contribution in [-0.4, -0.2) is 34.1 Å². The quantitative estimate of drug-likeness (QED) is 0.888. The predicted octanol–water partition coefficient (Wildman–Crippen LogP) is 1.81. The summed E-state index contributed by atoms with van der Waals surface area (Å²) >= 11 is 0. The molecule has 1 saturated carbocycles. The average molecular weight is 252 g/mol. The highest BCUT2D eigenvalue weighted by atomic mass is 16.5. The number of aliphatic hydroxyl groups excluding tert-OH is 1. The van der Waals surface area contributed by atoms with Crippen LogP contribution in [0.25, 0.3) is 0 Å². The lowest BCUT2D eigenvalue weighted by atomic mass is 10.1. The summed E-state index contributed by atoms with van der Waals surface area (Å²) in [6.07, 6.45) is 6.93. The third kappa shape index (κ3) is 2.57. The molecule has 3 rings (SSSR count). The highest BCUT2D eigenvalue weighted by Crippen LogP contribution is 2.33. The van der Waals surface area contributed by atoms with Gasteiger partial charge in [0.15, 0.2) is 5.82 Å². The second-order valence-electron chi connectivity index (χ2n) is 5.35. The third-order valence-corrected chi connectivity index (χ3v) is 3.96. The first-order valence-electron chi connectivity index (χ1n) is 6.95. The van der Waals surface area contributed by atoms with Crippen LogP contribution in [0.3, 0.4) is 0 Å². The Hall–Kier alpha value is -0.940. The van der Waals surface area contributed by atoms with Crippen molar-refractivity contribution in [2.75, 3.05) is 6.61 Å². The van der Waals surface area contributed by atoms with Crippen molar-refractivity contribution in [2.45, 2.75) is 63.1 Å². The van der Waals surface area contributed by atoms with Gasteiger partial charge in [0.25, 0.3) is 0 Å². The summed E-state index contributed by atoms with van der Waals surface area (Å²) in [5.41, 5.74) is 0. The van der Waals surface area contributed by atoms with E-state index in [1.807, 2.05) is 0 Å². The van der Waals surface area contributed by atoms with Crippen molar-refractivity contribution in [3.05, 3.63) is 11.7 Å². The summed E-state index contributed by atoms with van der Waals surface area (Å²) in [7, 11) is 0. The average Bonchev–Trinajstić information content (AvgIpc) is 2.99. The Balaban J connectivity index is 1.62. The minimum absolute atomic E-state index is 0.0403. The van der Waals surface area contributed by atoms with E-state index in [1.165, 1.54) is 6.42 Å². The second kappa shape index (κ2) is 5.36. The number of rotatable bonds is 3. The lowest BCUT2D eigenvalue weighted by Gasteiger charge is -2.20. The van der Waals surface area contributed by atoms with Crippen LogP contribution in [0.2, 0.25) is 0 Å². The van der Waals surface area contributed by atoms with Crippen molar-refractivity contribution < 1.29 is 14.4 Å². The topological polar surface area (TPSA) is 68.4 Å². The van der Waals surface area contributed by atoms with Gasteiger partial charge < -0.3 is 14.4 Å². The SMILES string of the molecule is OC1CCCC1c1nc(CC2CCCCO2)no1. The predicted molar refractivity (Wildman–Crippen MR) is 64.2 cm³/mol. The molecule has 0 radical (unpaired) electrons. The van der Waals surface area contributed by atoms with E-state index >= 15 is 0 Å². The van der Waals surface area contributed by atoms with Gasteiger partial charge in [0.05, 0.1) is 18.1 Å². The van der Waals surface area contributed by atoms with Crippen LogP contribution < -0.4 is 0 Å². The number of ether oxygens (including phenoxy) is 1. The third-order valence-electron chi connectivity index (χ3n) is 3.96. The van der Waals surface area contributed by atoms with Gasteiger partial charge in [-0.25, -0.2) is 0 Å². The van der Waals surface area contributed by atoms with Gasteiger partial charge in [-0.2, -0.15) is 4.98 Å². The fourth-order valence-corrected chi connectivity index (χ4v) is 2.90. The van der Waals surface area contributed by atoms with Gasteiger partial charge >= 0.3 is 0 Å². The first kappa shape index (κ1) is 12.1. The van der Waals surface area contributed by atoms with Gasteiger partial charge in [-0.05, 0) is 38.5 Å². The first-order valence-corrected chi connectivity index (χ1v) is 6.95. The second-order valence-corrected chi connectivity index (χ2v) is 5.35. The Kier molecular flexibility index (Phi) is 3.61. The van der Waals surface area contributed by atoms with Crippen LogP contribution in [0.1, 0.15) is 56.2 Å². The molecule has 1 aromatic rings. The van der Waals surface area contributed by atoms with E-state index in [-0.39, 0.29) is 18.1 Å². The number of nitrogens with zero attached hydrogens (tertiary/aromatic N) is 2. The summed E-state index contributed by atoms with van der Waals surface area (Å²) in [4.78, 5) is 4.42. The van der Waals surface area contributed by atoms with Crippen LogP contribution in [0, 0.1) is 0 Å². The molecule has 100 valence electrons. The highest BCUT2D eigenvalue weighted by Gasteiger charge is 2.31. The maximum absolute atomic E-state index is 9.82. The smallest absolute Gasteiger partial charge is 0.232 e. The molecule has 1 aromatic heterocycles. The van der Waals surface area contributed by atoms with Gasteiger partial charge in [0, 0.05) is 13.0 Å². The van der Waals surface area contributed by atoms with Gasteiger partial charge in [0.2, 0.25) is 5.89 Å². The van der Waals surface area contributed by atoms with Gasteiger partial charge in [-0.3, -0.25) is 0 Å². The number of aromatic nitrogens is 2. The van der Waals surface area contributed by atoms with Crippen molar-refractivity contribution in [3.63, 3.8) is 0 Å². The largest absolute Gasteiger partial charge is 0.392 e. The Bertz CT molecular complexity index is 387. The zero-order valence-corrected chi connectivity index (χ0v) is 10.5. The van der Waals surface area contributed by atoms with Gasteiger partial charge in [-0.1, -0.05) is 5.16 Å². The molecule has 1 N–H and O–H groups in total. The van der Waals surface area contributed by atoms with Gasteiger partial charge in [0.1, 0.15) is 0 Å². The molecular weight excluding hydrogens is 232 g/mol. The fraction of sp³-hybridized carbons (Fsp3) is 0.846. The van der Waals surface area contributed by atoms with E-state index < -0.39 is 0 Å². The Morgan fingerprint density at radius 2 is 2.11 bits per heavy atom. The Morgan fingerprint density at radius 3 is 2.83 bits per heavy atom. The molecule has 1 saturated heterocycles. The molecule has 0 amide bonds. The molecule has 3 unspecified atom stereocenters. The van der Waals surface area contributed by atoms with Gasteiger partial charge in [-0.15, -0.1) is 0 Å². The minimum Gasteiger partial charge on any atom is -0.392 e. The van der Waals surface area contributed by atoms with E-state index in [0.29, 0.717) is 5.89 Å². The van der Waals surface area contributed by atoms with Crippen LogP contribution in [-0.2, 0) is 11.2 Å². The molecule has 2 heterocycles. The summed E-state index contributed by atoms with van der Waals surface area (Å²) in [6.45, 7) is 0.844. The number of aliphatic hydroxyl groups is 1. The zero-order chi connectivity index (χ0) is 12.4. The first-order chi connectivity index (χ1) is 8.83. The fourth-order valence-electron chi connectivity index (χ4n) is 2.90. The number of hydrogen-bond donors (Lipinski definition) is 1. The van der Waals surface area contributed by atoms with Crippen LogP contribution >= 0.6 is 0 Å². The molecule has 0 aromatic carbocycles. The molecular formula is C13H20N2O3. The van der Waals surface area contributed by atoms with E-state index in [4.69, 9.17) is 9.26 Å². The van der Waals surface area contributed by atoms with Crippen molar-refractivity contribution in [1.82, 2.24) is 10.1 Å². The summed E-state index contributed by atoms with van der Waals surface area (Å²) in [5, 5.41) is 13.8. The summed E-state index contributed by atoms with van der Waals surface area (Å²) in [5.74, 6) is 1.36. The lowest BCUT2D eigenvalue weighted by Crippen LogP contribution is -2.22. The van der Waals surface area contributed by atoms with Crippen LogP contribution in [0.5, 0.6) is 0 Å². The van der Waals surface area contributed by atoms with Crippen molar-refractivity contribution >= 4 is 0 Å². The molecule has 2 aliphatic rings. The maximum Gasteiger partial charge on any atom is 0.232 e. The highest BCUT2D eigenvalue weighted by molar-refractivity contribution is 5.01. The summed E-state index contributed by atoms with van der Waals surface area (Å²) < 4.78 is 11.0. The van der Waals surface area contributed by atoms with E-state index in [1.54, 1.807) is 0 Å². The summed E-state index contributed by atoms with van der Waals surface area (Å²) in [6, 6.07) is 0. The molecule has 5 nitrogen and oxygen atoms in total. The van der Waals surface area contributed by atoms with E-state index in [0.717, 1.165) is 51.0 Å². The molecule has 0 spiro atoms. The molecule has 0 bridgehead atoms. The normalized spacial score (nSPS) is 32.8. The van der Waals surface area contributed by atoms with Crippen molar-refractivity contribution in [2.24, 2.45) is 0 Å². The van der Waals surface area contributed by atoms with E-state index in [2.05, 4.69) is 10.1 Å². The Labute approximate surface area is 107 Å². The molecule has 3 atom stereocenters. The lowest BCUT2D eigenvalue weighted by molar-refractivity contribution is 0.0153. The zero-order valence-electron chi connectivity index (χ0n) is 10.5. The van der Waals surface area contributed by atoms with Crippen LogP contribution in [0.15, 0.2) is 4.52 Å². The van der Waals surface area contributed by atoms with E-state index in [9.17, 15) is 5.11 Å². The molecule has 1 aliphatic carbocycles.